The van der Waals surface area contributed by atoms with Crippen LogP contribution in [-0.4, -0.2) is 12.9 Å². The summed E-state index contributed by atoms with van der Waals surface area (Å²) in [5.74, 6) is -1.56. The van der Waals surface area contributed by atoms with Crippen molar-refractivity contribution in [2.45, 2.75) is 0 Å². The SMILES string of the molecule is C=C(C(=O)c1cc2ccc(OC)cc2s1)c1ccc(F)c(F)c1. The number of methoxy groups -OCH3 is 1. The first-order valence-corrected chi connectivity index (χ1v) is 7.58. The van der Waals surface area contributed by atoms with Crippen molar-refractivity contribution in [1.29, 1.82) is 0 Å². The van der Waals surface area contributed by atoms with Crippen LogP contribution in [0.1, 0.15) is 15.2 Å². The van der Waals surface area contributed by atoms with Crippen LogP contribution >= 0.6 is 11.3 Å². The third-order valence-electron chi connectivity index (χ3n) is 3.49. The molecule has 0 N–H and O–H groups in total. The zero-order valence-corrected chi connectivity index (χ0v) is 13.0. The van der Waals surface area contributed by atoms with Gasteiger partial charge in [0, 0.05) is 10.3 Å². The average Bonchev–Trinajstić information content (AvgIpc) is 2.98. The maximum Gasteiger partial charge on any atom is 0.202 e. The third kappa shape index (κ3) is 2.87. The zero-order chi connectivity index (χ0) is 16.6. The van der Waals surface area contributed by atoms with Crippen molar-refractivity contribution < 1.29 is 18.3 Å². The minimum atomic E-state index is -1.00. The van der Waals surface area contributed by atoms with E-state index < -0.39 is 11.6 Å². The van der Waals surface area contributed by atoms with E-state index in [4.69, 9.17) is 4.74 Å². The van der Waals surface area contributed by atoms with Crippen LogP contribution in [0, 0.1) is 11.6 Å². The highest BCUT2D eigenvalue weighted by Gasteiger charge is 2.17. The van der Waals surface area contributed by atoms with Gasteiger partial charge in [-0.1, -0.05) is 12.6 Å². The second-order valence-electron chi connectivity index (χ2n) is 4.95. The molecule has 0 fully saturated rings. The van der Waals surface area contributed by atoms with Crippen LogP contribution in [0.2, 0.25) is 0 Å². The number of halogens is 2. The normalized spacial score (nSPS) is 10.7. The van der Waals surface area contributed by atoms with Crippen molar-refractivity contribution in [3.05, 3.63) is 71.1 Å². The molecule has 0 saturated carbocycles. The van der Waals surface area contributed by atoms with E-state index in [0.717, 1.165) is 22.2 Å². The molecule has 116 valence electrons. The van der Waals surface area contributed by atoms with Gasteiger partial charge in [-0.05, 0) is 47.3 Å². The van der Waals surface area contributed by atoms with Crippen LogP contribution in [0.3, 0.4) is 0 Å². The molecule has 1 heterocycles. The molecule has 0 saturated heterocycles. The first-order valence-electron chi connectivity index (χ1n) is 6.76. The van der Waals surface area contributed by atoms with E-state index in [1.54, 1.807) is 13.2 Å². The zero-order valence-electron chi connectivity index (χ0n) is 12.2. The summed E-state index contributed by atoms with van der Waals surface area (Å²) in [7, 11) is 1.58. The van der Waals surface area contributed by atoms with Crippen LogP contribution in [0.15, 0.2) is 49.0 Å². The molecule has 23 heavy (non-hydrogen) atoms. The molecule has 0 atom stereocenters. The van der Waals surface area contributed by atoms with Gasteiger partial charge in [0.25, 0.3) is 0 Å². The summed E-state index contributed by atoms with van der Waals surface area (Å²) >= 11 is 1.31. The highest BCUT2D eigenvalue weighted by molar-refractivity contribution is 7.21. The maximum atomic E-state index is 13.3. The predicted octanol–water partition coefficient (Wildman–Crippen LogP) is 5.08. The van der Waals surface area contributed by atoms with Gasteiger partial charge in [-0.25, -0.2) is 8.78 Å². The van der Waals surface area contributed by atoms with Gasteiger partial charge >= 0.3 is 0 Å². The predicted molar refractivity (Wildman–Crippen MR) is 88.1 cm³/mol. The first-order chi connectivity index (χ1) is 11.0. The molecule has 0 aliphatic heterocycles. The topological polar surface area (TPSA) is 26.3 Å². The summed E-state index contributed by atoms with van der Waals surface area (Å²) in [6.45, 7) is 3.72. The summed E-state index contributed by atoms with van der Waals surface area (Å²) < 4.78 is 32.4. The van der Waals surface area contributed by atoms with Crippen LogP contribution in [0.25, 0.3) is 15.7 Å². The molecule has 0 radical (unpaired) electrons. The minimum Gasteiger partial charge on any atom is -0.497 e. The molecule has 3 rings (SSSR count). The number of ketones is 1. The van der Waals surface area contributed by atoms with E-state index in [1.165, 1.54) is 17.4 Å². The minimum absolute atomic E-state index is 0.127. The number of thiophene rings is 1. The van der Waals surface area contributed by atoms with Crippen LogP contribution in [0.4, 0.5) is 8.78 Å². The number of carbonyl (C=O) groups excluding carboxylic acids is 1. The van der Waals surface area contributed by atoms with Gasteiger partial charge in [0.1, 0.15) is 5.75 Å². The fourth-order valence-corrected chi connectivity index (χ4v) is 3.27. The maximum absolute atomic E-state index is 13.3. The van der Waals surface area contributed by atoms with E-state index in [2.05, 4.69) is 6.58 Å². The van der Waals surface area contributed by atoms with Gasteiger partial charge in [0.15, 0.2) is 11.6 Å². The van der Waals surface area contributed by atoms with Gasteiger partial charge in [-0.3, -0.25) is 4.79 Å². The van der Waals surface area contributed by atoms with Gasteiger partial charge in [0.2, 0.25) is 5.78 Å². The van der Waals surface area contributed by atoms with E-state index in [1.807, 2.05) is 18.2 Å². The summed E-state index contributed by atoms with van der Waals surface area (Å²) in [6.07, 6.45) is 0. The lowest BCUT2D eigenvalue weighted by molar-refractivity contribution is 0.106. The number of benzene rings is 2. The number of ether oxygens (including phenoxy) is 1. The molecular formula is C18H12F2O2S. The smallest absolute Gasteiger partial charge is 0.202 e. The Labute approximate surface area is 135 Å². The monoisotopic (exact) mass is 330 g/mol. The van der Waals surface area contributed by atoms with Crippen molar-refractivity contribution in [1.82, 2.24) is 0 Å². The number of fused-ring (bicyclic) bond motifs is 1. The Hall–Kier alpha value is -2.53. The third-order valence-corrected chi connectivity index (χ3v) is 4.59. The van der Waals surface area contributed by atoms with Gasteiger partial charge in [-0.15, -0.1) is 11.3 Å². The number of hydrogen-bond acceptors (Lipinski definition) is 3. The van der Waals surface area contributed by atoms with E-state index in [9.17, 15) is 13.6 Å². The van der Waals surface area contributed by atoms with Crippen molar-refractivity contribution in [2.24, 2.45) is 0 Å². The van der Waals surface area contributed by atoms with Crippen molar-refractivity contribution in [2.75, 3.05) is 7.11 Å². The van der Waals surface area contributed by atoms with Crippen molar-refractivity contribution >= 4 is 32.8 Å². The molecule has 0 spiro atoms. The number of Topliss-reactive ketones (excluding diaryl/α,β-unsaturated/α-hetero) is 1. The molecule has 0 aliphatic rings. The van der Waals surface area contributed by atoms with Gasteiger partial charge < -0.3 is 4.74 Å². The number of hydrogen-bond donors (Lipinski definition) is 0. The molecule has 0 bridgehead atoms. The molecule has 3 aromatic rings. The summed E-state index contributed by atoms with van der Waals surface area (Å²) in [5.41, 5.74) is 0.395. The molecule has 0 aliphatic carbocycles. The summed E-state index contributed by atoms with van der Waals surface area (Å²) in [4.78, 5) is 13.0. The Bertz CT molecular complexity index is 928. The highest BCUT2D eigenvalue weighted by atomic mass is 32.1. The summed E-state index contributed by atoms with van der Waals surface area (Å²) in [6, 6.07) is 10.6. The Kier molecular flexibility index (Phi) is 3.96. The molecule has 0 unspecified atom stereocenters. The molecule has 2 nitrogen and oxygen atoms in total. The van der Waals surface area contributed by atoms with Crippen LogP contribution in [-0.2, 0) is 0 Å². The fraction of sp³-hybridized carbons (Fsp3) is 0.0556. The molecule has 1 aromatic heterocycles. The first kappa shape index (κ1) is 15.4. The molecular weight excluding hydrogens is 318 g/mol. The lowest BCUT2D eigenvalue weighted by atomic mass is 10.0. The standard InChI is InChI=1S/C18H12F2O2S/c1-10(11-4-6-14(19)15(20)7-11)18(21)17-8-12-3-5-13(22-2)9-16(12)23-17/h3-9H,1H2,2H3. The quantitative estimate of drug-likeness (QED) is 0.492. The van der Waals surface area contributed by atoms with Crippen molar-refractivity contribution in [3.8, 4) is 5.75 Å². The van der Waals surface area contributed by atoms with Gasteiger partial charge in [-0.2, -0.15) is 0 Å². The van der Waals surface area contributed by atoms with E-state index in [0.29, 0.717) is 10.6 Å². The lowest BCUT2D eigenvalue weighted by Gasteiger charge is -2.04. The lowest BCUT2D eigenvalue weighted by Crippen LogP contribution is -2.00. The number of rotatable bonds is 4. The summed E-state index contributed by atoms with van der Waals surface area (Å²) in [5, 5.41) is 0.914. The van der Waals surface area contributed by atoms with Crippen molar-refractivity contribution in [3.63, 3.8) is 0 Å². The molecule has 5 heteroatoms. The Morgan fingerprint density at radius 1 is 1.09 bits per heavy atom. The van der Waals surface area contributed by atoms with Crippen LogP contribution in [0.5, 0.6) is 5.75 Å². The van der Waals surface area contributed by atoms with E-state index in [-0.39, 0.29) is 16.9 Å². The Morgan fingerprint density at radius 2 is 1.87 bits per heavy atom. The number of carbonyl (C=O) groups is 1. The highest BCUT2D eigenvalue weighted by Crippen LogP contribution is 2.32. The number of allylic oxidation sites excluding steroid dienone is 1. The Morgan fingerprint density at radius 3 is 2.57 bits per heavy atom. The molecule has 0 amide bonds. The van der Waals surface area contributed by atoms with Gasteiger partial charge in [0.05, 0.1) is 12.0 Å². The fourth-order valence-electron chi connectivity index (χ4n) is 2.21. The Balaban J connectivity index is 1.95. The van der Waals surface area contributed by atoms with Crippen LogP contribution < -0.4 is 4.74 Å². The molecule has 2 aromatic carbocycles. The largest absolute Gasteiger partial charge is 0.497 e. The average molecular weight is 330 g/mol. The van der Waals surface area contributed by atoms with E-state index >= 15 is 0 Å². The second-order valence-corrected chi connectivity index (χ2v) is 6.03. The second kappa shape index (κ2) is 5.93.